The van der Waals surface area contributed by atoms with Crippen molar-refractivity contribution in [2.75, 3.05) is 26.7 Å². The molecule has 0 saturated carbocycles. The van der Waals surface area contributed by atoms with E-state index in [9.17, 15) is 9.59 Å². The minimum atomic E-state index is -0.213. The molecule has 0 aliphatic heterocycles. The van der Waals surface area contributed by atoms with Gasteiger partial charge in [0.05, 0.1) is 11.4 Å². The van der Waals surface area contributed by atoms with Gasteiger partial charge in [0.15, 0.2) is 0 Å². The molecule has 1 rings (SSSR count). The lowest BCUT2D eigenvalue weighted by Gasteiger charge is -2.29. The largest absolute Gasteiger partial charge is 0.344 e. The third kappa shape index (κ3) is 5.90. The first-order valence-electron chi connectivity index (χ1n) is 6.11. The van der Waals surface area contributed by atoms with Crippen molar-refractivity contribution in [3.05, 3.63) is 22.4 Å². The maximum Gasteiger partial charge on any atom is 0.261 e. The summed E-state index contributed by atoms with van der Waals surface area (Å²) in [4.78, 5) is 25.8. The molecule has 0 saturated heterocycles. The van der Waals surface area contributed by atoms with Gasteiger partial charge in [-0.1, -0.05) is 19.9 Å². The minimum Gasteiger partial charge on any atom is -0.344 e. The van der Waals surface area contributed by atoms with E-state index in [1.165, 1.54) is 11.3 Å². The molecule has 0 atom stereocenters. The van der Waals surface area contributed by atoms with E-state index >= 15 is 0 Å². The number of nitrogens with one attached hydrogen (secondary N) is 1. The highest BCUT2D eigenvalue weighted by atomic mass is 35.5. The van der Waals surface area contributed by atoms with Crippen molar-refractivity contribution in [2.45, 2.75) is 13.8 Å². The maximum absolute atomic E-state index is 11.9. The molecule has 0 fully saturated rings. The third-order valence-electron chi connectivity index (χ3n) is 2.79. The number of carbonyl (C=O) groups is 2. The lowest BCUT2D eigenvalue weighted by atomic mass is 9.93. The Labute approximate surface area is 129 Å². The number of amides is 2. The van der Waals surface area contributed by atoms with Gasteiger partial charge >= 0.3 is 0 Å². The Hall–Kier alpha value is -1.11. The molecule has 0 aliphatic carbocycles. The Bertz CT molecular complexity index is 435. The van der Waals surface area contributed by atoms with Gasteiger partial charge in [0, 0.05) is 13.6 Å². The topological polar surface area (TPSA) is 75.4 Å². The molecule has 114 valence electrons. The fourth-order valence-corrected chi connectivity index (χ4v) is 2.22. The van der Waals surface area contributed by atoms with Gasteiger partial charge in [-0.2, -0.15) is 0 Å². The van der Waals surface area contributed by atoms with Gasteiger partial charge in [0.2, 0.25) is 5.91 Å². The van der Waals surface area contributed by atoms with E-state index in [1.54, 1.807) is 24.1 Å². The highest BCUT2D eigenvalue weighted by molar-refractivity contribution is 7.12. The summed E-state index contributed by atoms with van der Waals surface area (Å²) in [7, 11) is 1.72. The molecular formula is C13H22ClN3O2S. The average Bonchev–Trinajstić information content (AvgIpc) is 2.88. The van der Waals surface area contributed by atoms with Crippen LogP contribution in [0, 0.1) is 5.41 Å². The van der Waals surface area contributed by atoms with Crippen LogP contribution in [0.3, 0.4) is 0 Å². The minimum absolute atomic E-state index is 0. The fourth-order valence-electron chi connectivity index (χ4n) is 1.58. The second-order valence-electron chi connectivity index (χ2n) is 5.28. The Morgan fingerprint density at radius 3 is 2.60 bits per heavy atom. The van der Waals surface area contributed by atoms with Crippen molar-refractivity contribution < 1.29 is 9.59 Å². The summed E-state index contributed by atoms with van der Waals surface area (Å²) in [5, 5.41) is 4.44. The normalized spacial score (nSPS) is 10.6. The second kappa shape index (κ2) is 8.24. The molecule has 0 aliphatic rings. The zero-order valence-corrected chi connectivity index (χ0v) is 13.6. The van der Waals surface area contributed by atoms with Crippen LogP contribution in [0.4, 0.5) is 0 Å². The van der Waals surface area contributed by atoms with E-state index < -0.39 is 0 Å². The van der Waals surface area contributed by atoms with E-state index in [1.807, 2.05) is 19.2 Å². The molecular weight excluding hydrogens is 298 g/mol. The molecule has 0 radical (unpaired) electrons. The fraction of sp³-hybridized carbons (Fsp3) is 0.538. The van der Waals surface area contributed by atoms with Crippen LogP contribution in [0.15, 0.2) is 17.5 Å². The van der Waals surface area contributed by atoms with Crippen molar-refractivity contribution in [1.29, 1.82) is 0 Å². The van der Waals surface area contributed by atoms with Crippen LogP contribution in [-0.2, 0) is 4.79 Å². The predicted molar refractivity (Wildman–Crippen MR) is 84.4 cm³/mol. The monoisotopic (exact) mass is 319 g/mol. The Kier molecular flexibility index (Phi) is 7.78. The second-order valence-corrected chi connectivity index (χ2v) is 6.23. The van der Waals surface area contributed by atoms with Crippen LogP contribution in [0.25, 0.3) is 0 Å². The van der Waals surface area contributed by atoms with E-state index in [0.717, 1.165) is 0 Å². The third-order valence-corrected chi connectivity index (χ3v) is 3.66. The molecule has 0 spiro atoms. The van der Waals surface area contributed by atoms with Gasteiger partial charge in [0.25, 0.3) is 5.91 Å². The Morgan fingerprint density at radius 1 is 1.45 bits per heavy atom. The standard InChI is InChI=1S/C13H21N3O2S.ClH/c1-13(2,8-14)9-16(3)11(17)7-15-12(18)10-5-4-6-19-10;/h4-6H,7-9,14H2,1-3H3,(H,15,18);1H. The summed E-state index contributed by atoms with van der Waals surface area (Å²) in [6.45, 7) is 5.08. The highest BCUT2D eigenvalue weighted by Crippen LogP contribution is 2.13. The summed E-state index contributed by atoms with van der Waals surface area (Å²) in [5.41, 5.74) is 5.51. The van der Waals surface area contributed by atoms with Crippen LogP contribution < -0.4 is 11.1 Å². The predicted octanol–water partition coefficient (Wildman–Crippen LogP) is 1.34. The van der Waals surface area contributed by atoms with Gasteiger partial charge < -0.3 is 16.0 Å². The van der Waals surface area contributed by atoms with E-state index in [0.29, 0.717) is 18.0 Å². The highest BCUT2D eigenvalue weighted by Gasteiger charge is 2.21. The molecule has 1 aromatic rings. The molecule has 1 aromatic heterocycles. The molecule has 20 heavy (non-hydrogen) atoms. The quantitative estimate of drug-likeness (QED) is 0.831. The van der Waals surface area contributed by atoms with Crippen molar-refractivity contribution in [3.8, 4) is 0 Å². The summed E-state index contributed by atoms with van der Waals surface area (Å²) in [6, 6.07) is 3.53. The SMILES string of the molecule is CN(CC(C)(C)CN)C(=O)CNC(=O)c1cccs1.Cl. The first-order valence-corrected chi connectivity index (χ1v) is 6.99. The van der Waals surface area contributed by atoms with Gasteiger partial charge in [0.1, 0.15) is 0 Å². The molecule has 1 heterocycles. The van der Waals surface area contributed by atoms with Crippen LogP contribution in [0.5, 0.6) is 0 Å². The smallest absolute Gasteiger partial charge is 0.261 e. The number of halogens is 1. The van der Waals surface area contributed by atoms with E-state index in [-0.39, 0.29) is 36.2 Å². The van der Waals surface area contributed by atoms with Gasteiger partial charge in [-0.25, -0.2) is 0 Å². The van der Waals surface area contributed by atoms with Crippen LogP contribution in [-0.4, -0.2) is 43.4 Å². The zero-order valence-electron chi connectivity index (χ0n) is 12.0. The first-order chi connectivity index (χ1) is 8.85. The summed E-state index contributed by atoms with van der Waals surface area (Å²) in [6.07, 6.45) is 0. The number of nitrogens with two attached hydrogens (primary N) is 1. The van der Waals surface area contributed by atoms with E-state index in [4.69, 9.17) is 5.73 Å². The van der Waals surface area contributed by atoms with Crippen molar-refractivity contribution in [3.63, 3.8) is 0 Å². The van der Waals surface area contributed by atoms with Crippen molar-refractivity contribution in [1.82, 2.24) is 10.2 Å². The number of likely N-dealkylation sites (N-methyl/N-ethyl adjacent to an activating group) is 1. The maximum atomic E-state index is 11.9. The molecule has 0 aromatic carbocycles. The summed E-state index contributed by atoms with van der Waals surface area (Å²) in [5.74, 6) is -0.332. The number of rotatable bonds is 6. The van der Waals surface area contributed by atoms with Crippen molar-refractivity contribution >= 4 is 35.6 Å². The Balaban J connectivity index is 0.00000361. The molecule has 0 bridgehead atoms. The van der Waals surface area contributed by atoms with Crippen molar-refractivity contribution in [2.24, 2.45) is 11.1 Å². The molecule has 7 heteroatoms. The van der Waals surface area contributed by atoms with Gasteiger partial charge in [-0.15, -0.1) is 23.7 Å². The van der Waals surface area contributed by atoms with Crippen LogP contribution >= 0.6 is 23.7 Å². The lowest BCUT2D eigenvalue weighted by Crippen LogP contribution is -2.44. The van der Waals surface area contributed by atoms with Gasteiger partial charge in [-0.05, 0) is 23.4 Å². The lowest BCUT2D eigenvalue weighted by molar-refractivity contribution is -0.130. The molecule has 3 N–H and O–H groups in total. The van der Waals surface area contributed by atoms with Crippen LogP contribution in [0.2, 0.25) is 0 Å². The van der Waals surface area contributed by atoms with Crippen LogP contribution in [0.1, 0.15) is 23.5 Å². The number of nitrogens with zero attached hydrogens (tertiary/aromatic N) is 1. The first kappa shape index (κ1) is 18.9. The van der Waals surface area contributed by atoms with Gasteiger partial charge in [-0.3, -0.25) is 9.59 Å². The Morgan fingerprint density at radius 2 is 2.10 bits per heavy atom. The molecule has 0 unspecified atom stereocenters. The molecule has 5 nitrogen and oxygen atoms in total. The number of thiophene rings is 1. The molecule has 2 amide bonds. The number of hydrogen-bond acceptors (Lipinski definition) is 4. The number of carbonyl (C=O) groups excluding carboxylic acids is 2. The summed E-state index contributed by atoms with van der Waals surface area (Å²) >= 11 is 1.35. The zero-order chi connectivity index (χ0) is 14.5. The summed E-state index contributed by atoms with van der Waals surface area (Å²) < 4.78 is 0. The van der Waals surface area contributed by atoms with E-state index in [2.05, 4.69) is 5.32 Å². The number of hydrogen-bond donors (Lipinski definition) is 2. The average molecular weight is 320 g/mol.